The van der Waals surface area contributed by atoms with Gasteiger partial charge in [-0.05, 0) is 49.2 Å². The summed E-state index contributed by atoms with van der Waals surface area (Å²) >= 11 is 5.82. The first kappa shape index (κ1) is 17.8. The average molecular weight is 348 g/mol. The summed E-state index contributed by atoms with van der Waals surface area (Å²) in [7, 11) is 0. The van der Waals surface area contributed by atoms with Crippen LogP contribution in [-0.4, -0.2) is 23.6 Å². The van der Waals surface area contributed by atoms with Gasteiger partial charge in [-0.1, -0.05) is 29.8 Å². The van der Waals surface area contributed by atoms with Gasteiger partial charge in [0.25, 0.3) is 5.91 Å². The number of carbonyl (C=O) groups is 2. The second kappa shape index (κ2) is 7.84. The molecule has 6 heteroatoms. The second-order valence-corrected chi connectivity index (χ2v) is 5.87. The first-order valence-corrected chi connectivity index (χ1v) is 7.76. The lowest BCUT2D eigenvalue weighted by Gasteiger charge is -2.14. The van der Waals surface area contributed by atoms with Gasteiger partial charge < -0.3 is 15.2 Å². The van der Waals surface area contributed by atoms with Crippen molar-refractivity contribution >= 4 is 23.5 Å². The van der Waals surface area contributed by atoms with E-state index >= 15 is 0 Å². The highest BCUT2D eigenvalue weighted by molar-refractivity contribution is 6.30. The normalized spacial score (nSPS) is 11.6. The summed E-state index contributed by atoms with van der Waals surface area (Å²) in [5.74, 6) is -1.35. The van der Waals surface area contributed by atoms with E-state index in [-0.39, 0.29) is 17.4 Å². The summed E-state index contributed by atoms with van der Waals surface area (Å²) < 4.78 is 4.93. The number of aromatic hydroxyl groups is 1. The Bertz CT molecular complexity index is 743. The van der Waals surface area contributed by atoms with E-state index in [2.05, 4.69) is 5.32 Å². The van der Waals surface area contributed by atoms with Gasteiger partial charge >= 0.3 is 5.97 Å². The number of amides is 1. The summed E-state index contributed by atoms with van der Waals surface area (Å²) in [6.07, 6.45) is 0. The molecule has 0 unspecified atom stereocenters. The molecule has 1 amide bonds. The molecule has 0 aliphatic carbocycles. The number of esters is 1. The highest BCUT2D eigenvalue weighted by Gasteiger charge is 2.15. The lowest BCUT2D eigenvalue weighted by molar-refractivity contribution is -0.124. The van der Waals surface area contributed by atoms with Crippen LogP contribution in [0.1, 0.15) is 34.5 Å². The Morgan fingerprint density at radius 1 is 1.21 bits per heavy atom. The zero-order valence-electron chi connectivity index (χ0n) is 13.4. The molecule has 1 atom stereocenters. The number of rotatable bonds is 5. The van der Waals surface area contributed by atoms with Gasteiger partial charge in [0.1, 0.15) is 11.3 Å². The average Bonchev–Trinajstić information content (AvgIpc) is 2.53. The Hall–Kier alpha value is -2.53. The van der Waals surface area contributed by atoms with E-state index < -0.39 is 18.5 Å². The zero-order chi connectivity index (χ0) is 17.7. The van der Waals surface area contributed by atoms with Gasteiger partial charge in [0.15, 0.2) is 6.61 Å². The predicted molar refractivity (Wildman–Crippen MR) is 91.1 cm³/mol. The van der Waals surface area contributed by atoms with Crippen LogP contribution in [0.4, 0.5) is 0 Å². The summed E-state index contributed by atoms with van der Waals surface area (Å²) in [5, 5.41) is 13.1. The third kappa shape index (κ3) is 4.73. The van der Waals surface area contributed by atoms with Gasteiger partial charge in [-0.15, -0.1) is 0 Å². The number of aryl methyl sites for hydroxylation is 1. The molecule has 0 bridgehead atoms. The Kier molecular flexibility index (Phi) is 5.82. The fourth-order valence-electron chi connectivity index (χ4n) is 2.14. The van der Waals surface area contributed by atoms with Gasteiger partial charge in [0.05, 0.1) is 6.04 Å². The van der Waals surface area contributed by atoms with Gasteiger partial charge in [-0.25, -0.2) is 4.79 Å². The highest BCUT2D eigenvalue weighted by atomic mass is 35.5. The molecule has 2 aromatic carbocycles. The van der Waals surface area contributed by atoms with Crippen molar-refractivity contribution in [1.82, 2.24) is 5.32 Å². The number of ether oxygens (including phenoxy) is 1. The first-order valence-electron chi connectivity index (χ1n) is 7.38. The summed E-state index contributed by atoms with van der Waals surface area (Å²) in [5.41, 5.74) is 1.73. The molecule has 0 aliphatic heterocycles. The molecule has 0 aliphatic rings. The topological polar surface area (TPSA) is 75.6 Å². The van der Waals surface area contributed by atoms with E-state index in [1.807, 2.05) is 19.1 Å². The molecule has 2 aromatic rings. The number of hydrogen-bond acceptors (Lipinski definition) is 4. The summed E-state index contributed by atoms with van der Waals surface area (Å²) in [6.45, 7) is 3.18. The second-order valence-electron chi connectivity index (χ2n) is 5.44. The molecule has 0 spiro atoms. The van der Waals surface area contributed by atoms with Crippen molar-refractivity contribution in [1.29, 1.82) is 0 Å². The first-order chi connectivity index (χ1) is 11.4. The van der Waals surface area contributed by atoms with Crippen molar-refractivity contribution in [3.05, 3.63) is 64.2 Å². The van der Waals surface area contributed by atoms with Crippen LogP contribution in [0.3, 0.4) is 0 Å². The SMILES string of the molecule is Cc1ccc(C(=O)OCC(=O)N[C@@H](C)c2ccc(Cl)cc2)c(O)c1. The van der Waals surface area contributed by atoms with Crippen LogP contribution in [-0.2, 0) is 9.53 Å². The van der Waals surface area contributed by atoms with Gasteiger partial charge in [0.2, 0.25) is 0 Å². The fraction of sp³-hybridized carbons (Fsp3) is 0.222. The number of halogens is 1. The lowest BCUT2D eigenvalue weighted by Crippen LogP contribution is -2.31. The van der Waals surface area contributed by atoms with Crippen molar-refractivity contribution in [2.75, 3.05) is 6.61 Å². The maximum absolute atomic E-state index is 11.9. The molecule has 0 radical (unpaired) electrons. The summed E-state index contributed by atoms with van der Waals surface area (Å²) in [4.78, 5) is 23.8. The van der Waals surface area contributed by atoms with Crippen molar-refractivity contribution in [2.45, 2.75) is 19.9 Å². The van der Waals surface area contributed by atoms with Crippen LogP contribution < -0.4 is 5.32 Å². The minimum Gasteiger partial charge on any atom is -0.507 e. The molecule has 0 saturated carbocycles. The molecule has 24 heavy (non-hydrogen) atoms. The van der Waals surface area contributed by atoms with Crippen molar-refractivity contribution < 1.29 is 19.4 Å². The summed E-state index contributed by atoms with van der Waals surface area (Å²) in [6, 6.07) is 11.4. The highest BCUT2D eigenvalue weighted by Crippen LogP contribution is 2.19. The number of phenols is 1. The van der Waals surface area contributed by atoms with E-state index in [9.17, 15) is 14.7 Å². The molecule has 2 rings (SSSR count). The molecule has 0 fully saturated rings. The number of hydrogen-bond donors (Lipinski definition) is 2. The van der Waals surface area contributed by atoms with Gasteiger partial charge in [0, 0.05) is 5.02 Å². The third-order valence-corrected chi connectivity index (χ3v) is 3.71. The van der Waals surface area contributed by atoms with Gasteiger partial charge in [-0.2, -0.15) is 0 Å². The zero-order valence-corrected chi connectivity index (χ0v) is 14.1. The Labute approximate surface area is 145 Å². The van der Waals surface area contributed by atoms with Crippen molar-refractivity contribution in [3.63, 3.8) is 0 Å². The van der Waals surface area contributed by atoms with Crippen LogP contribution in [0.2, 0.25) is 5.02 Å². The minimum absolute atomic E-state index is 0.0270. The Morgan fingerprint density at radius 2 is 1.88 bits per heavy atom. The fourth-order valence-corrected chi connectivity index (χ4v) is 2.27. The molecule has 0 saturated heterocycles. The molecular weight excluding hydrogens is 330 g/mol. The number of nitrogens with one attached hydrogen (secondary N) is 1. The van der Waals surface area contributed by atoms with Crippen molar-refractivity contribution in [2.24, 2.45) is 0 Å². The van der Waals surface area contributed by atoms with E-state index in [0.29, 0.717) is 5.02 Å². The maximum Gasteiger partial charge on any atom is 0.342 e. The molecule has 0 aromatic heterocycles. The molecule has 2 N–H and O–H groups in total. The van der Waals surface area contributed by atoms with Crippen molar-refractivity contribution in [3.8, 4) is 5.75 Å². The quantitative estimate of drug-likeness (QED) is 0.813. The van der Waals surface area contributed by atoms with Crippen LogP contribution >= 0.6 is 11.6 Å². The van der Waals surface area contributed by atoms with E-state index in [4.69, 9.17) is 16.3 Å². The van der Waals surface area contributed by atoms with Crippen LogP contribution in [0.5, 0.6) is 5.75 Å². The maximum atomic E-state index is 11.9. The Morgan fingerprint density at radius 3 is 2.50 bits per heavy atom. The third-order valence-electron chi connectivity index (χ3n) is 3.46. The molecule has 0 heterocycles. The number of benzene rings is 2. The standard InChI is InChI=1S/C18H18ClNO4/c1-11-3-8-15(16(21)9-11)18(23)24-10-17(22)20-12(2)13-4-6-14(19)7-5-13/h3-9,12,21H,10H2,1-2H3,(H,20,22)/t12-/m0/s1. The largest absolute Gasteiger partial charge is 0.507 e. The monoisotopic (exact) mass is 347 g/mol. The number of phenolic OH excluding ortho intramolecular Hbond substituents is 1. The van der Waals surface area contributed by atoms with Crippen LogP contribution in [0.15, 0.2) is 42.5 Å². The van der Waals surface area contributed by atoms with Crippen LogP contribution in [0.25, 0.3) is 0 Å². The van der Waals surface area contributed by atoms with E-state index in [0.717, 1.165) is 11.1 Å². The van der Waals surface area contributed by atoms with Crippen LogP contribution in [0, 0.1) is 6.92 Å². The molecule has 5 nitrogen and oxygen atoms in total. The number of carbonyl (C=O) groups excluding carboxylic acids is 2. The minimum atomic E-state index is -0.748. The molecular formula is C18H18ClNO4. The van der Waals surface area contributed by atoms with E-state index in [1.165, 1.54) is 12.1 Å². The van der Waals surface area contributed by atoms with Gasteiger partial charge in [-0.3, -0.25) is 4.79 Å². The van der Waals surface area contributed by atoms with E-state index in [1.54, 1.807) is 25.1 Å². The predicted octanol–water partition coefficient (Wildman–Crippen LogP) is 3.39. The molecule has 126 valence electrons. The lowest BCUT2D eigenvalue weighted by atomic mass is 10.1. The Balaban J connectivity index is 1.88. The smallest absolute Gasteiger partial charge is 0.342 e.